The second kappa shape index (κ2) is 12.6. The van der Waals surface area contributed by atoms with Gasteiger partial charge in [-0.1, -0.05) is 33.1 Å². The van der Waals surface area contributed by atoms with Crippen LogP contribution in [-0.2, 0) is 4.79 Å². The Morgan fingerprint density at radius 3 is 2.05 bits per heavy atom. The van der Waals surface area contributed by atoms with Crippen LogP contribution in [0.5, 0.6) is 0 Å². The molecule has 13 unspecified atom stereocenters. The number of rotatable bonds is 9. The minimum absolute atomic E-state index is 0.0308. The lowest BCUT2D eigenvalue weighted by atomic mass is 9.52. The van der Waals surface area contributed by atoms with E-state index in [0.717, 1.165) is 55.3 Å². The summed E-state index contributed by atoms with van der Waals surface area (Å²) in [5, 5.41) is 40.8. The Bertz CT molecular complexity index is 779. The maximum Gasteiger partial charge on any atom is 0.136 e. The Labute approximate surface area is 231 Å². The van der Waals surface area contributed by atoms with Crippen LogP contribution in [-0.4, -0.2) is 51.1 Å². The van der Waals surface area contributed by atoms with Crippen molar-refractivity contribution < 1.29 is 25.2 Å². The third-order valence-corrected chi connectivity index (χ3v) is 12.9. The molecule has 4 N–H and O–H groups in total. The third-order valence-electron chi connectivity index (χ3n) is 12.9. The maximum absolute atomic E-state index is 13.3. The van der Waals surface area contributed by atoms with Crippen molar-refractivity contribution >= 4 is 5.78 Å². The van der Waals surface area contributed by atoms with Crippen LogP contribution < -0.4 is 0 Å². The maximum atomic E-state index is 13.3. The first-order valence-corrected chi connectivity index (χ1v) is 16.5. The molecule has 0 aliphatic heterocycles. The van der Waals surface area contributed by atoms with Crippen LogP contribution in [0.4, 0.5) is 0 Å². The molecule has 0 saturated heterocycles. The Morgan fingerprint density at radius 1 is 0.711 bits per heavy atom. The van der Waals surface area contributed by atoms with Crippen molar-refractivity contribution in [2.75, 3.05) is 6.61 Å². The smallest absolute Gasteiger partial charge is 0.136 e. The number of carbonyl (C=O) groups excluding carboxylic acids is 1. The molecule has 38 heavy (non-hydrogen) atoms. The molecule has 5 aliphatic rings. The van der Waals surface area contributed by atoms with Crippen LogP contribution in [0, 0.1) is 65.1 Å². The van der Waals surface area contributed by atoms with Crippen molar-refractivity contribution in [2.24, 2.45) is 65.1 Å². The summed E-state index contributed by atoms with van der Waals surface area (Å²) in [5.41, 5.74) is 0. The predicted molar refractivity (Wildman–Crippen MR) is 149 cm³/mol. The van der Waals surface area contributed by atoms with Gasteiger partial charge in [-0.2, -0.15) is 0 Å². The number of fused-ring (bicyclic) bond motifs is 5. The van der Waals surface area contributed by atoms with Crippen molar-refractivity contribution in [1.82, 2.24) is 0 Å². The molecule has 5 saturated carbocycles. The summed E-state index contributed by atoms with van der Waals surface area (Å²) in [5.74, 6) is 6.63. The summed E-state index contributed by atoms with van der Waals surface area (Å²) in [6.07, 6.45) is 14.2. The lowest BCUT2D eigenvalue weighted by Gasteiger charge is -2.53. The number of carbonyl (C=O) groups is 1. The van der Waals surface area contributed by atoms with Gasteiger partial charge >= 0.3 is 0 Å². The number of aliphatic hydroxyl groups is 4. The van der Waals surface area contributed by atoms with Crippen LogP contribution in [0.3, 0.4) is 0 Å². The molecule has 5 rings (SSSR count). The van der Waals surface area contributed by atoms with Crippen LogP contribution in [0.1, 0.15) is 110 Å². The SMILES string of the molecule is CCC(CC)CCC(=O)C1CCC2C1CCC1C3CCC(CC4CC(CO)C(O)C(O)C4O)CC3CCC12. The van der Waals surface area contributed by atoms with E-state index >= 15 is 0 Å². The fourth-order valence-corrected chi connectivity index (χ4v) is 10.7. The van der Waals surface area contributed by atoms with Gasteiger partial charge in [0.25, 0.3) is 0 Å². The topological polar surface area (TPSA) is 98.0 Å². The summed E-state index contributed by atoms with van der Waals surface area (Å²) in [4.78, 5) is 13.3. The van der Waals surface area contributed by atoms with E-state index in [9.17, 15) is 25.2 Å². The zero-order chi connectivity index (χ0) is 27.0. The number of ketones is 1. The van der Waals surface area contributed by atoms with Gasteiger partial charge < -0.3 is 20.4 Å². The average Bonchev–Trinajstić information content (AvgIpc) is 3.38. The molecule has 5 nitrogen and oxygen atoms in total. The molecule has 0 aromatic heterocycles. The van der Waals surface area contributed by atoms with Crippen molar-refractivity contribution in [2.45, 2.75) is 128 Å². The van der Waals surface area contributed by atoms with Crippen molar-refractivity contribution in [3.8, 4) is 0 Å². The summed E-state index contributed by atoms with van der Waals surface area (Å²) >= 11 is 0. The van der Waals surface area contributed by atoms with Gasteiger partial charge in [-0.3, -0.25) is 4.79 Å². The molecule has 5 aliphatic carbocycles. The van der Waals surface area contributed by atoms with Crippen molar-refractivity contribution in [3.05, 3.63) is 0 Å². The number of hydrogen-bond acceptors (Lipinski definition) is 5. The van der Waals surface area contributed by atoms with E-state index in [1.807, 2.05) is 0 Å². The molecule has 218 valence electrons. The second-order valence-corrected chi connectivity index (χ2v) is 14.4. The average molecular weight is 533 g/mol. The van der Waals surface area contributed by atoms with Gasteiger partial charge in [0, 0.05) is 24.9 Å². The molecule has 0 spiro atoms. The fraction of sp³-hybridized carbons (Fsp3) is 0.970. The molecule has 13 atom stereocenters. The van der Waals surface area contributed by atoms with Gasteiger partial charge in [0.15, 0.2) is 0 Å². The molecule has 0 amide bonds. The van der Waals surface area contributed by atoms with E-state index in [4.69, 9.17) is 0 Å². The molecule has 5 heteroatoms. The third kappa shape index (κ3) is 5.65. The summed E-state index contributed by atoms with van der Waals surface area (Å²) in [6.45, 7) is 4.39. The van der Waals surface area contributed by atoms with E-state index in [1.54, 1.807) is 0 Å². The van der Waals surface area contributed by atoms with Crippen LogP contribution in [0.2, 0.25) is 0 Å². The normalized spacial score (nSPS) is 46.9. The minimum atomic E-state index is -1.14. The molecule has 0 radical (unpaired) electrons. The van der Waals surface area contributed by atoms with Crippen LogP contribution >= 0.6 is 0 Å². The first-order valence-electron chi connectivity index (χ1n) is 16.5. The monoisotopic (exact) mass is 532 g/mol. The van der Waals surface area contributed by atoms with E-state index in [0.29, 0.717) is 35.9 Å². The Balaban J connectivity index is 1.15. The zero-order valence-electron chi connectivity index (χ0n) is 24.1. The van der Waals surface area contributed by atoms with Crippen LogP contribution in [0.15, 0.2) is 0 Å². The Hall–Kier alpha value is -0.490. The summed E-state index contributed by atoms with van der Waals surface area (Å²) in [6, 6.07) is 0. The number of hydrogen-bond donors (Lipinski definition) is 4. The Morgan fingerprint density at radius 2 is 1.32 bits per heavy atom. The quantitative estimate of drug-likeness (QED) is 0.320. The molecule has 0 heterocycles. The number of Topliss-reactive ketones (excluding diaryl/α,β-unsaturated/α-hetero) is 1. The van der Waals surface area contributed by atoms with Gasteiger partial charge in [-0.15, -0.1) is 0 Å². The van der Waals surface area contributed by atoms with Gasteiger partial charge in [-0.05, 0) is 124 Å². The van der Waals surface area contributed by atoms with Gasteiger partial charge in [0.2, 0.25) is 0 Å². The highest BCUT2D eigenvalue weighted by molar-refractivity contribution is 5.81. The van der Waals surface area contributed by atoms with E-state index in [-0.39, 0.29) is 18.4 Å². The number of aliphatic hydroxyl groups excluding tert-OH is 4. The van der Waals surface area contributed by atoms with E-state index < -0.39 is 18.3 Å². The van der Waals surface area contributed by atoms with Gasteiger partial charge in [0.1, 0.15) is 11.9 Å². The molecule has 0 aromatic carbocycles. The second-order valence-electron chi connectivity index (χ2n) is 14.4. The summed E-state index contributed by atoms with van der Waals surface area (Å²) < 4.78 is 0. The highest BCUT2D eigenvalue weighted by atomic mass is 16.4. The van der Waals surface area contributed by atoms with Crippen molar-refractivity contribution in [1.29, 1.82) is 0 Å². The van der Waals surface area contributed by atoms with Gasteiger partial charge in [-0.25, -0.2) is 0 Å². The zero-order valence-corrected chi connectivity index (χ0v) is 24.1. The molecule has 0 aromatic rings. The van der Waals surface area contributed by atoms with Crippen LogP contribution in [0.25, 0.3) is 0 Å². The predicted octanol–water partition coefficient (Wildman–Crippen LogP) is 5.37. The summed E-state index contributed by atoms with van der Waals surface area (Å²) in [7, 11) is 0. The first-order chi connectivity index (χ1) is 18.4. The highest BCUT2D eigenvalue weighted by Crippen LogP contribution is 2.60. The standard InChI is InChI=1S/C33H56O5/c1-3-19(4-2)6-14-30(35)29-13-12-27-26-9-7-21-15-20(5-8-24(21)25(26)10-11-28(27)29)16-22-17-23(18-34)32(37)33(38)31(22)36/h19-29,31-34,36-38H,3-18H2,1-2H3. The fourth-order valence-electron chi connectivity index (χ4n) is 10.7. The molecule has 5 fully saturated rings. The largest absolute Gasteiger partial charge is 0.396 e. The highest BCUT2D eigenvalue weighted by Gasteiger charge is 2.53. The first kappa shape index (κ1) is 29.0. The minimum Gasteiger partial charge on any atom is -0.396 e. The van der Waals surface area contributed by atoms with Crippen molar-refractivity contribution in [3.63, 3.8) is 0 Å². The Kier molecular flexibility index (Phi) is 9.60. The van der Waals surface area contributed by atoms with E-state index in [2.05, 4.69) is 13.8 Å². The molecular weight excluding hydrogens is 476 g/mol. The molecule has 0 bridgehead atoms. The lowest BCUT2D eigenvalue weighted by Crippen LogP contribution is -2.52. The van der Waals surface area contributed by atoms with Gasteiger partial charge in [0.05, 0.1) is 12.2 Å². The molecular formula is C33H56O5. The van der Waals surface area contributed by atoms with E-state index in [1.165, 1.54) is 64.2 Å². The lowest BCUT2D eigenvalue weighted by molar-refractivity contribution is -0.146.